The van der Waals surface area contributed by atoms with E-state index in [9.17, 15) is 18.8 Å². The molecule has 2 aromatic rings. The first-order valence-electron chi connectivity index (χ1n) is 8.03. The van der Waals surface area contributed by atoms with E-state index in [2.05, 4.69) is 10.6 Å². The van der Waals surface area contributed by atoms with Gasteiger partial charge in [-0.25, -0.2) is 9.18 Å². The fourth-order valence-corrected chi connectivity index (χ4v) is 2.79. The lowest BCUT2D eigenvalue weighted by Gasteiger charge is -2.07. The van der Waals surface area contributed by atoms with E-state index in [1.54, 1.807) is 23.5 Å². The molecule has 0 aliphatic carbocycles. The Labute approximate surface area is 154 Å². The molecule has 1 aromatic carbocycles. The first kappa shape index (κ1) is 19.6. The zero-order chi connectivity index (χ0) is 18.8. The Hall–Kier alpha value is -2.74. The van der Waals surface area contributed by atoms with Gasteiger partial charge in [-0.05, 0) is 42.0 Å². The lowest BCUT2D eigenvalue weighted by molar-refractivity contribution is -0.148. The summed E-state index contributed by atoms with van der Waals surface area (Å²) in [6.07, 6.45) is 1.12. The second kappa shape index (κ2) is 10.3. The molecule has 2 rings (SSSR count). The highest BCUT2D eigenvalue weighted by Crippen LogP contribution is 2.08. The number of amides is 3. The zero-order valence-corrected chi connectivity index (χ0v) is 14.8. The molecule has 1 aromatic heterocycles. The van der Waals surface area contributed by atoms with Gasteiger partial charge in [0.05, 0.1) is 0 Å². The van der Waals surface area contributed by atoms with Gasteiger partial charge in [0.1, 0.15) is 5.82 Å². The second-order valence-corrected chi connectivity index (χ2v) is 6.45. The van der Waals surface area contributed by atoms with Crippen molar-refractivity contribution in [1.29, 1.82) is 0 Å². The van der Waals surface area contributed by atoms with Crippen molar-refractivity contribution in [3.63, 3.8) is 0 Å². The molecular weight excluding hydrogens is 359 g/mol. The number of halogens is 1. The molecule has 0 radical (unpaired) electrons. The number of ether oxygens (including phenoxy) is 1. The number of carbonyl (C=O) groups is 3. The Bertz CT molecular complexity index is 732. The summed E-state index contributed by atoms with van der Waals surface area (Å²) in [4.78, 5) is 35.9. The number of hydrogen-bond donors (Lipinski definition) is 2. The third-order valence-corrected chi connectivity index (χ3v) is 4.32. The summed E-state index contributed by atoms with van der Waals surface area (Å²) in [5, 5.41) is 6.59. The Balaban J connectivity index is 1.57. The van der Waals surface area contributed by atoms with Crippen LogP contribution in [0.25, 0.3) is 0 Å². The molecule has 138 valence electrons. The van der Waals surface area contributed by atoms with Crippen molar-refractivity contribution >= 4 is 29.2 Å². The lowest BCUT2D eigenvalue weighted by atomic mass is 10.1. The van der Waals surface area contributed by atoms with E-state index in [0.717, 1.165) is 10.4 Å². The van der Waals surface area contributed by atoms with Gasteiger partial charge in [-0.2, -0.15) is 0 Å². The Morgan fingerprint density at radius 3 is 2.54 bits per heavy atom. The number of thiophene rings is 1. The smallest absolute Gasteiger partial charge is 0.321 e. The van der Waals surface area contributed by atoms with Crippen molar-refractivity contribution in [3.05, 3.63) is 58.0 Å². The van der Waals surface area contributed by atoms with Gasteiger partial charge in [0.25, 0.3) is 5.91 Å². The van der Waals surface area contributed by atoms with E-state index in [1.165, 1.54) is 12.1 Å². The summed E-state index contributed by atoms with van der Waals surface area (Å²) < 4.78 is 17.6. The SMILES string of the molecule is O=C(COC(=O)CCc1ccc(F)cc1)NC(=O)NCCc1cccs1. The maximum atomic E-state index is 12.8. The van der Waals surface area contributed by atoms with E-state index < -0.39 is 24.5 Å². The number of urea groups is 1. The maximum absolute atomic E-state index is 12.8. The van der Waals surface area contributed by atoms with Crippen LogP contribution in [0.2, 0.25) is 0 Å². The van der Waals surface area contributed by atoms with Crippen LogP contribution in [0.1, 0.15) is 16.9 Å². The van der Waals surface area contributed by atoms with Crippen LogP contribution in [0.5, 0.6) is 0 Å². The number of esters is 1. The number of hydrogen-bond acceptors (Lipinski definition) is 5. The fraction of sp³-hybridized carbons (Fsp3) is 0.278. The van der Waals surface area contributed by atoms with Crippen LogP contribution in [-0.4, -0.2) is 31.1 Å². The zero-order valence-electron chi connectivity index (χ0n) is 14.0. The molecule has 26 heavy (non-hydrogen) atoms. The predicted octanol–water partition coefficient (Wildman–Crippen LogP) is 2.43. The largest absolute Gasteiger partial charge is 0.456 e. The van der Waals surface area contributed by atoms with Crippen molar-refractivity contribution in [1.82, 2.24) is 10.6 Å². The normalized spacial score (nSPS) is 10.2. The van der Waals surface area contributed by atoms with Crippen LogP contribution in [0.15, 0.2) is 41.8 Å². The quantitative estimate of drug-likeness (QED) is 0.691. The van der Waals surface area contributed by atoms with Gasteiger partial charge in [-0.1, -0.05) is 18.2 Å². The van der Waals surface area contributed by atoms with Crippen LogP contribution >= 0.6 is 11.3 Å². The number of nitrogens with one attached hydrogen (secondary N) is 2. The highest BCUT2D eigenvalue weighted by Gasteiger charge is 2.11. The van der Waals surface area contributed by atoms with E-state index in [1.807, 2.05) is 17.5 Å². The van der Waals surface area contributed by atoms with Crippen LogP contribution in [-0.2, 0) is 27.2 Å². The number of carbonyl (C=O) groups excluding carboxylic acids is 3. The number of imide groups is 1. The first-order valence-corrected chi connectivity index (χ1v) is 8.91. The first-order chi connectivity index (χ1) is 12.5. The van der Waals surface area contributed by atoms with Gasteiger partial charge in [-0.3, -0.25) is 14.9 Å². The number of rotatable bonds is 8. The van der Waals surface area contributed by atoms with Crippen molar-refractivity contribution < 1.29 is 23.5 Å². The summed E-state index contributed by atoms with van der Waals surface area (Å²) in [5.74, 6) is -1.61. The standard InChI is InChI=1S/C18H19FN2O4S/c19-14-6-3-13(4-7-14)5-8-17(23)25-12-16(22)21-18(24)20-10-9-15-2-1-11-26-15/h1-4,6-7,11H,5,8-10,12H2,(H2,20,21,22,24). The van der Waals surface area contributed by atoms with Crippen LogP contribution < -0.4 is 10.6 Å². The molecule has 0 aliphatic heterocycles. The summed E-state index contributed by atoms with van der Waals surface area (Å²) >= 11 is 1.59. The van der Waals surface area contributed by atoms with Crippen molar-refractivity contribution in [2.24, 2.45) is 0 Å². The molecule has 0 saturated heterocycles. The molecule has 1 heterocycles. The van der Waals surface area contributed by atoms with Gasteiger partial charge in [0, 0.05) is 17.8 Å². The second-order valence-electron chi connectivity index (χ2n) is 5.42. The fourth-order valence-electron chi connectivity index (χ4n) is 2.08. The maximum Gasteiger partial charge on any atom is 0.321 e. The number of aryl methyl sites for hydroxylation is 1. The molecule has 0 aliphatic rings. The Kier molecular flexibility index (Phi) is 7.75. The average Bonchev–Trinajstić information content (AvgIpc) is 3.13. The average molecular weight is 378 g/mol. The van der Waals surface area contributed by atoms with E-state index in [4.69, 9.17) is 4.74 Å². The number of benzene rings is 1. The van der Waals surface area contributed by atoms with Crippen LogP contribution in [0.3, 0.4) is 0 Å². The Morgan fingerprint density at radius 1 is 1.08 bits per heavy atom. The molecular formula is C18H19FN2O4S. The van der Waals surface area contributed by atoms with Gasteiger partial charge >= 0.3 is 12.0 Å². The molecule has 6 nitrogen and oxygen atoms in total. The molecule has 0 fully saturated rings. The van der Waals surface area contributed by atoms with Gasteiger partial charge in [0.15, 0.2) is 6.61 Å². The van der Waals surface area contributed by atoms with Crippen molar-refractivity contribution in [3.8, 4) is 0 Å². The molecule has 8 heteroatoms. The molecule has 0 atom stereocenters. The molecule has 3 amide bonds. The topological polar surface area (TPSA) is 84.5 Å². The van der Waals surface area contributed by atoms with E-state index in [-0.39, 0.29) is 12.2 Å². The minimum Gasteiger partial charge on any atom is -0.456 e. The third-order valence-electron chi connectivity index (χ3n) is 3.39. The Morgan fingerprint density at radius 2 is 1.85 bits per heavy atom. The lowest BCUT2D eigenvalue weighted by Crippen LogP contribution is -2.42. The van der Waals surface area contributed by atoms with Gasteiger partial charge in [0.2, 0.25) is 0 Å². The molecule has 0 bridgehead atoms. The highest BCUT2D eigenvalue weighted by atomic mass is 32.1. The molecule has 0 spiro atoms. The minimum atomic E-state index is -0.700. The summed E-state index contributed by atoms with van der Waals surface area (Å²) in [7, 11) is 0. The molecule has 2 N–H and O–H groups in total. The predicted molar refractivity (Wildman–Crippen MR) is 95.2 cm³/mol. The van der Waals surface area contributed by atoms with Crippen LogP contribution in [0, 0.1) is 5.82 Å². The molecule has 0 saturated carbocycles. The van der Waals surface area contributed by atoms with E-state index >= 15 is 0 Å². The van der Waals surface area contributed by atoms with Crippen LogP contribution in [0.4, 0.5) is 9.18 Å². The third kappa shape index (κ3) is 7.43. The summed E-state index contributed by atoms with van der Waals surface area (Å²) in [5.41, 5.74) is 0.790. The van der Waals surface area contributed by atoms with Crippen molar-refractivity contribution in [2.45, 2.75) is 19.3 Å². The summed E-state index contributed by atoms with van der Waals surface area (Å²) in [6, 6.07) is 9.03. The van der Waals surface area contributed by atoms with Crippen molar-refractivity contribution in [2.75, 3.05) is 13.2 Å². The van der Waals surface area contributed by atoms with Gasteiger partial charge < -0.3 is 10.1 Å². The van der Waals surface area contributed by atoms with E-state index in [0.29, 0.717) is 19.4 Å². The highest BCUT2D eigenvalue weighted by molar-refractivity contribution is 7.09. The monoisotopic (exact) mass is 378 g/mol. The minimum absolute atomic E-state index is 0.0614. The molecule has 0 unspecified atom stereocenters. The summed E-state index contributed by atoms with van der Waals surface area (Å²) in [6.45, 7) is -0.127. The van der Waals surface area contributed by atoms with Gasteiger partial charge in [-0.15, -0.1) is 11.3 Å².